The number of hydrogen-bond acceptors (Lipinski definition) is 4. The number of rotatable bonds is 6. The molecule has 148 valence electrons. The molecule has 1 aromatic carbocycles. The predicted octanol–water partition coefficient (Wildman–Crippen LogP) is 5.51. The minimum Gasteiger partial charge on any atom is -0.435 e. The first kappa shape index (κ1) is 19.6. The third-order valence-electron chi connectivity index (χ3n) is 6.31. The number of halogens is 4. The largest absolute Gasteiger partial charge is 0.435 e. The molecule has 0 aromatic heterocycles. The maximum absolute atomic E-state index is 12.6. The van der Waals surface area contributed by atoms with Crippen molar-refractivity contribution in [2.24, 2.45) is 27.0 Å². The fraction of sp³-hybridized carbons (Fsp3) is 0.579. The molecule has 0 N–H and O–H groups in total. The van der Waals surface area contributed by atoms with Crippen molar-refractivity contribution in [3.05, 3.63) is 23.8 Å². The highest BCUT2D eigenvalue weighted by atomic mass is 19.3. The second-order valence-corrected chi connectivity index (χ2v) is 7.74. The summed E-state index contributed by atoms with van der Waals surface area (Å²) in [6, 6.07) is 3.54. The van der Waals surface area contributed by atoms with Gasteiger partial charge in [0, 0.05) is 22.8 Å². The van der Waals surface area contributed by atoms with E-state index in [9.17, 15) is 17.6 Å². The summed E-state index contributed by atoms with van der Waals surface area (Å²) in [5, 5.41) is 8.41. The molecular formula is C19H22F4N2O2. The minimum absolute atomic E-state index is 0.0216. The van der Waals surface area contributed by atoms with Crippen molar-refractivity contribution >= 4 is 11.9 Å². The molecule has 0 spiro atoms. The van der Waals surface area contributed by atoms with E-state index in [1.165, 1.54) is 24.8 Å². The second kappa shape index (κ2) is 7.13. The molecule has 0 heterocycles. The van der Waals surface area contributed by atoms with Crippen LogP contribution in [0.1, 0.15) is 45.6 Å². The zero-order chi connectivity index (χ0) is 19.8. The molecule has 2 atom stereocenters. The van der Waals surface area contributed by atoms with Crippen molar-refractivity contribution in [3.63, 3.8) is 0 Å². The number of nitrogens with zero attached hydrogens (tertiary/aromatic N) is 2. The molecule has 2 saturated carbocycles. The number of hydrogen-bond donors (Lipinski definition) is 0. The Bertz CT molecular complexity index is 764. The van der Waals surface area contributed by atoms with Gasteiger partial charge in [-0.15, -0.1) is 0 Å². The quantitative estimate of drug-likeness (QED) is 0.368. The summed E-state index contributed by atoms with van der Waals surface area (Å²) in [5.74, 6) is -0.00183. The van der Waals surface area contributed by atoms with Gasteiger partial charge in [0.2, 0.25) is 0 Å². The van der Waals surface area contributed by atoms with Crippen molar-refractivity contribution in [1.29, 1.82) is 0 Å². The first-order chi connectivity index (χ1) is 12.6. The Hall–Kier alpha value is -2.12. The molecule has 1 aromatic rings. The van der Waals surface area contributed by atoms with Crippen LogP contribution in [0.5, 0.6) is 11.5 Å². The molecule has 3 rings (SSSR count). The van der Waals surface area contributed by atoms with Gasteiger partial charge in [-0.05, 0) is 42.7 Å². The van der Waals surface area contributed by atoms with Crippen molar-refractivity contribution in [2.75, 3.05) is 0 Å². The molecule has 8 heteroatoms. The maximum Gasteiger partial charge on any atom is 0.387 e. The molecule has 4 nitrogen and oxygen atoms in total. The fourth-order valence-corrected chi connectivity index (χ4v) is 4.24. The van der Waals surface area contributed by atoms with Crippen molar-refractivity contribution < 1.29 is 27.0 Å². The molecule has 2 aliphatic rings. The van der Waals surface area contributed by atoms with E-state index in [1.54, 1.807) is 0 Å². The van der Waals surface area contributed by atoms with Crippen LogP contribution in [0, 0.1) is 16.7 Å². The van der Waals surface area contributed by atoms with E-state index in [2.05, 4.69) is 40.4 Å². The van der Waals surface area contributed by atoms with E-state index in [-0.39, 0.29) is 27.9 Å². The predicted molar refractivity (Wildman–Crippen MR) is 94.0 cm³/mol. The molecular weight excluding hydrogens is 364 g/mol. The van der Waals surface area contributed by atoms with Crippen LogP contribution in [0.2, 0.25) is 0 Å². The van der Waals surface area contributed by atoms with Crippen molar-refractivity contribution in [2.45, 2.75) is 53.3 Å². The number of fused-ring (bicyclic) bond motifs is 2. The minimum atomic E-state index is -3.10. The van der Waals surface area contributed by atoms with Gasteiger partial charge in [0.15, 0.2) is 0 Å². The Balaban J connectivity index is 1.82. The van der Waals surface area contributed by atoms with Crippen molar-refractivity contribution in [1.82, 2.24) is 0 Å². The summed E-state index contributed by atoms with van der Waals surface area (Å²) in [6.45, 7) is 0.518. The number of benzene rings is 1. The number of alkyl halides is 4. The molecule has 0 saturated heterocycles. The summed E-state index contributed by atoms with van der Waals surface area (Å²) in [7, 11) is 0. The molecule has 2 aliphatic carbocycles. The Morgan fingerprint density at radius 1 is 1.11 bits per heavy atom. The van der Waals surface area contributed by atoms with E-state index in [4.69, 9.17) is 0 Å². The van der Waals surface area contributed by atoms with Crippen LogP contribution >= 0.6 is 0 Å². The van der Waals surface area contributed by atoms with Crippen LogP contribution in [0.25, 0.3) is 0 Å². The van der Waals surface area contributed by atoms with Gasteiger partial charge in [-0.1, -0.05) is 20.8 Å². The highest BCUT2D eigenvalue weighted by Crippen LogP contribution is 2.64. The zero-order valence-electron chi connectivity index (χ0n) is 15.4. The monoisotopic (exact) mass is 386 g/mol. The van der Waals surface area contributed by atoms with E-state index in [1.807, 2.05) is 0 Å². The number of ether oxygens (including phenoxy) is 2. The lowest BCUT2D eigenvalue weighted by molar-refractivity contribution is -0.0543. The van der Waals surface area contributed by atoms with Crippen LogP contribution in [0.4, 0.5) is 17.6 Å². The van der Waals surface area contributed by atoms with Gasteiger partial charge in [0.25, 0.3) is 0 Å². The third kappa shape index (κ3) is 3.66. The lowest BCUT2D eigenvalue weighted by atomic mass is 9.70. The summed E-state index contributed by atoms with van der Waals surface area (Å²) in [4.78, 5) is 0. The fourth-order valence-electron chi connectivity index (χ4n) is 4.24. The van der Waals surface area contributed by atoms with Gasteiger partial charge < -0.3 is 9.47 Å². The third-order valence-corrected chi connectivity index (χ3v) is 6.31. The Morgan fingerprint density at radius 3 is 2.37 bits per heavy atom. The van der Waals surface area contributed by atoms with Crippen LogP contribution in [-0.4, -0.2) is 25.1 Å². The lowest BCUT2D eigenvalue weighted by Gasteiger charge is -2.34. The molecule has 0 radical (unpaired) electrons. The van der Waals surface area contributed by atoms with Gasteiger partial charge in [0.1, 0.15) is 11.5 Å². The highest BCUT2D eigenvalue weighted by Gasteiger charge is 2.59. The topological polar surface area (TPSA) is 43.2 Å². The summed E-state index contributed by atoms with van der Waals surface area (Å²) in [6.07, 6.45) is 4.39. The Morgan fingerprint density at radius 2 is 1.81 bits per heavy atom. The van der Waals surface area contributed by atoms with E-state index in [0.29, 0.717) is 5.92 Å². The smallest absolute Gasteiger partial charge is 0.387 e. The van der Waals surface area contributed by atoms with Crippen LogP contribution in [0.3, 0.4) is 0 Å². The van der Waals surface area contributed by atoms with Crippen molar-refractivity contribution in [3.8, 4) is 11.5 Å². The molecule has 0 aliphatic heterocycles. The van der Waals surface area contributed by atoms with E-state index < -0.39 is 13.2 Å². The second-order valence-electron chi connectivity index (χ2n) is 7.74. The molecule has 0 amide bonds. The Kier molecular flexibility index (Phi) is 5.18. The molecule has 0 unspecified atom stereocenters. The van der Waals surface area contributed by atoms with Crippen LogP contribution in [0.15, 0.2) is 28.4 Å². The lowest BCUT2D eigenvalue weighted by Crippen LogP contribution is -2.32. The van der Waals surface area contributed by atoms with E-state index >= 15 is 0 Å². The highest BCUT2D eigenvalue weighted by molar-refractivity contribution is 5.95. The average molecular weight is 386 g/mol. The van der Waals surface area contributed by atoms with Gasteiger partial charge in [0.05, 0.1) is 6.21 Å². The van der Waals surface area contributed by atoms with E-state index in [0.717, 1.165) is 24.6 Å². The summed E-state index contributed by atoms with van der Waals surface area (Å²) >= 11 is 0. The Labute approximate surface area is 155 Å². The normalized spacial score (nSPS) is 28.0. The SMILES string of the molecule is CC1(C)[C@@H]2CC[C@@]1(C)/C(=N/N=C\c1ccc(OC(F)F)cc1OC(F)F)C2. The standard InChI is InChI=1S/C19H22F4N2O2/c1-18(2)12-6-7-19(18,3)15(8-12)25-24-10-11-4-5-13(26-16(20)21)9-14(11)27-17(22)23/h4-5,9-10,12,16-17H,6-8H2,1-3H3/b24-10-,25-15+/t12-,19+/m1/s1. The van der Waals surface area contributed by atoms with Gasteiger partial charge >= 0.3 is 13.2 Å². The first-order valence-corrected chi connectivity index (χ1v) is 8.77. The van der Waals surface area contributed by atoms with Crippen LogP contribution in [-0.2, 0) is 0 Å². The summed E-state index contributed by atoms with van der Waals surface area (Å²) in [5.41, 5.74) is 1.34. The van der Waals surface area contributed by atoms with Gasteiger partial charge in [-0.2, -0.15) is 27.8 Å². The van der Waals surface area contributed by atoms with Gasteiger partial charge in [-0.3, -0.25) is 0 Å². The molecule has 2 bridgehead atoms. The molecule has 2 fully saturated rings. The summed E-state index contributed by atoms with van der Waals surface area (Å²) < 4.78 is 58.5. The molecule has 27 heavy (non-hydrogen) atoms. The average Bonchev–Trinajstić information content (AvgIpc) is 2.89. The first-order valence-electron chi connectivity index (χ1n) is 8.77. The van der Waals surface area contributed by atoms with Crippen LogP contribution < -0.4 is 9.47 Å². The van der Waals surface area contributed by atoms with Gasteiger partial charge in [-0.25, -0.2) is 0 Å². The zero-order valence-corrected chi connectivity index (χ0v) is 15.4. The maximum atomic E-state index is 12.6.